The molecule has 0 unspecified atom stereocenters. The van der Waals surface area contributed by atoms with Crippen molar-refractivity contribution in [1.82, 2.24) is 0 Å². The van der Waals surface area contributed by atoms with E-state index in [1.807, 2.05) is 0 Å². The summed E-state index contributed by atoms with van der Waals surface area (Å²) in [6, 6.07) is 96.2. The predicted molar refractivity (Wildman–Crippen MR) is 277 cm³/mol. The lowest BCUT2D eigenvalue weighted by Crippen LogP contribution is -2.26. The van der Waals surface area contributed by atoms with E-state index in [9.17, 15) is 0 Å². The molecule has 11 aromatic carbocycles. The second-order valence-corrected chi connectivity index (χ2v) is 17.6. The summed E-state index contributed by atoms with van der Waals surface area (Å²) in [4.78, 5) is 2.44. The molecule has 1 heteroatoms. The van der Waals surface area contributed by atoms with Gasteiger partial charge in [0.15, 0.2) is 0 Å². The second kappa shape index (κ2) is 15.3. The van der Waals surface area contributed by atoms with Gasteiger partial charge in [0.25, 0.3) is 0 Å². The summed E-state index contributed by atoms with van der Waals surface area (Å²) in [5.41, 5.74) is 23.1. The monoisotopic (exact) mass is 837 g/mol. The lowest BCUT2D eigenvalue weighted by Gasteiger charge is -2.32. The van der Waals surface area contributed by atoms with Crippen molar-refractivity contribution in [2.75, 3.05) is 4.90 Å². The average Bonchev–Trinajstić information content (AvgIpc) is 3.86. The minimum atomic E-state index is -0.437. The highest BCUT2D eigenvalue weighted by Crippen LogP contribution is 2.63. The normalized spacial score (nSPS) is 12.7. The summed E-state index contributed by atoms with van der Waals surface area (Å²) in [7, 11) is 0. The zero-order valence-corrected chi connectivity index (χ0v) is 36.3. The van der Waals surface area contributed by atoms with Crippen molar-refractivity contribution in [3.05, 3.63) is 283 Å². The molecule has 308 valence electrons. The summed E-state index contributed by atoms with van der Waals surface area (Å²) >= 11 is 0. The molecule has 2 aliphatic carbocycles. The number of hydrogen-bond donors (Lipinski definition) is 0. The molecule has 0 saturated carbocycles. The van der Waals surface area contributed by atoms with Gasteiger partial charge in [-0.05, 0) is 136 Å². The first kappa shape index (κ1) is 38.0. The maximum atomic E-state index is 2.48. The summed E-state index contributed by atoms with van der Waals surface area (Å²) in [6.07, 6.45) is 0. The lowest BCUT2D eigenvalue weighted by molar-refractivity contribution is 0.793. The standard InChI is InChI=1S/C65H43N/c1-3-15-44(16-4-1)46-27-29-50(30-28-46)64-54-20-8-7-19-48(54)35-41-55(64)49-33-38-52(39-34-49)66(51-36-31-47(32-37-51)45-17-5-2-6-18-45)53-40-42-59-58-23-11-14-26-62(58)65(63(59)43-53)60-24-12-9-21-56(60)57-22-10-13-25-61(57)65/h1-43H. The SMILES string of the molecule is c1ccc(-c2ccc(-c3c(-c4ccc(N(c5ccc(-c6ccccc6)cc5)c5ccc6c(c5)C5(c7ccccc7-c7ccccc75)c5ccccc5-6)cc4)ccc4ccccc34)cc2)cc1. The van der Waals surface area contributed by atoms with Gasteiger partial charge in [-0.1, -0.05) is 224 Å². The van der Waals surface area contributed by atoms with Crippen LogP contribution in [0.1, 0.15) is 22.3 Å². The average molecular weight is 838 g/mol. The highest BCUT2D eigenvalue weighted by molar-refractivity contribution is 6.04. The molecule has 0 bridgehead atoms. The van der Waals surface area contributed by atoms with E-state index in [0.717, 1.165) is 17.1 Å². The molecule has 2 aliphatic rings. The molecule has 0 atom stereocenters. The Kier molecular flexibility index (Phi) is 8.82. The van der Waals surface area contributed by atoms with E-state index in [2.05, 4.69) is 266 Å². The largest absolute Gasteiger partial charge is 0.310 e. The fourth-order valence-electron chi connectivity index (χ4n) is 11.2. The van der Waals surface area contributed by atoms with Crippen LogP contribution in [0.4, 0.5) is 17.1 Å². The van der Waals surface area contributed by atoms with Crippen molar-refractivity contribution in [3.63, 3.8) is 0 Å². The Labute approximate surface area is 386 Å². The number of fused-ring (bicyclic) bond motifs is 11. The van der Waals surface area contributed by atoms with Crippen molar-refractivity contribution >= 4 is 27.8 Å². The van der Waals surface area contributed by atoms with Crippen molar-refractivity contribution in [2.45, 2.75) is 5.41 Å². The molecule has 0 saturated heterocycles. The van der Waals surface area contributed by atoms with Gasteiger partial charge in [0.05, 0.1) is 5.41 Å². The van der Waals surface area contributed by atoms with Gasteiger partial charge in [-0.25, -0.2) is 0 Å². The molecule has 1 nitrogen and oxygen atoms in total. The van der Waals surface area contributed by atoms with Gasteiger partial charge in [-0.15, -0.1) is 0 Å². The van der Waals surface area contributed by atoms with E-state index in [4.69, 9.17) is 0 Å². The maximum Gasteiger partial charge on any atom is 0.0726 e. The van der Waals surface area contributed by atoms with Crippen LogP contribution in [-0.2, 0) is 5.41 Å². The van der Waals surface area contributed by atoms with Crippen LogP contribution in [0.3, 0.4) is 0 Å². The number of nitrogens with zero attached hydrogens (tertiary/aromatic N) is 1. The van der Waals surface area contributed by atoms with Gasteiger partial charge in [0.1, 0.15) is 0 Å². The molecule has 0 aromatic heterocycles. The highest BCUT2D eigenvalue weighted by Gasteiger charge is 2.51. The van der Waals surface area contributed by atoms with E-state index >= 15 is 0 Å². The second-order valence-electron chi connectivity index (χ2n) is 17.6. The van der Waals surface area contributed by atoms with Gasteiger partial charge >= 0.3 is 0 Å². The molecule has 1 spiro atoms. The Balaban J connectivity index is 0.970. The topological polar surface area (TPSA) is 3.24 Å². The molecule has 0 radical (unpaired) electrons. The molecule has 0 N–H and O–H groups in total. The Morgan fingerprint density at radius 2 is 0.636 bits per heavy atom. The molecular formula is C65H43N. The fraction of sp³-hybridized carbons (Fsp3) is 0.0154. The van der Waals surface area contributed by atoms with Crippen molar-refractivity contribution < 1.29 is 0 Å². The summed E-state index contributed by atoms with van der Waals surface area (Å²) < 4.78 is 0. The highest BCUT2D eigenvalue weighted by atomic mass is 15.1. The predicted octanol–water partition coefficient (Wildman–Crippen LogP) is 17.3. The number of anilines is 3. The summed E-state index contributed by atoms with van der Waals surface area (Å²) in [5, 5.41) is 2.48. The van der Waals surface area contributed by atoms with Crippen LogP contribution >= 0.6 is 0 Å². The lowest BCUT2D eigenvalue weighted by atomic mass is 9.70. The zero-order chi connectivity index (χ0) is 43.6. The molecule has 0 amide bonds. The third-order valence-electron chi connectivity index (χ3n) is 14.1. The minimum absolute atomic E-state index is 0.437. The van der Waals surface area contributed by atoms with Gasteiger partial charge in [0, 0.05) is 17.1 Å². The number of hydrogen-bond acceptors (Lipinski definition) is 1. The van der Waals surface area contributed by atoms with Crippen LogP contribution in [-0.4, -0.2) is 0 Å². The van der Waals surface area contributed by atoms with Gasteiger partial charge in [-0.2, -0.15) is 0 Å². The molecule has 11 aromatic rings. The van der Waals surface area contributed by atoms with Crippen LogP contribution in [0.2, 0.25) is 0 Å². The zero-order valence-electron chi connectivity index (χ0n) is 36.3. The Hall–Kier alpha value is -8.52. The van der Waals surface area contributed by atoms with Crippen LogP contribution < -0.4 is 4.90 Å². The number of rotatable bonds is 7. The third-order valence-corrected chi connectivity index (χ3v) is 14.1. The van der Waals surface area contributed by atoms with Crippen LogP contribution in [0.5, 0.6) is 0 Å². The van der Waals surface area contributed by atoms with E-state index in [0.29, 0.717) is 0 Å². The Morgan fingerprint density at radius 3 is 1.20 bits per heavy atom. The molecular weight excluding hydrogens is 795 g/mol. The fourth-order valence-corrected chi connectivity index (χ4v) is 11.2. The van der Waals surface area contributed by atoms with Crippen molar-refractivity contribution in [2.24, 2.45) is 0 Å². The van der Waals surface area contributed by atoms with E-state index < -0.39 is 5.41 Å². The van der Waals surface area contributed by atoms with Gasteiger partial charge < -0.3 is 4.90 Å². The smallest absolute Gasteiger partial charge is 0.0726 e. The molecule has 13 rings (SSSR count). The molecule has 0 aliphatic heterocycles. The summed E-state index contributed by atoms with van der Waals surface area (Å²) in [5.74, 6) is 0. The van der Waals surface area contributed by atoms with Crippen molar-refractivity contribution in [1.29, 1.82) is 0 Å². The minimum Gasteiger partial charge on any atom is -0.310 e. The Morgan fingerprint density at radius 1 is 0.242 bits per heavy atom. The molecule has 66 heavy (non-hydrogen) atoms. The Bertz CT molecular complexity index is 3540. The molecule has 0 heterocycles. The first-order chi connectivity index (χ1) is 32.7. The third kappa shape index (κ3) is 5.87. The van der Waals surface area contributed by atoms with E-state index in [1.54, 1.807) is 0 Å². The van der Waals surface area contributed by atoms with Crippen molar-refractivity contribution in [3.8, 4) is 66.8 Å². The van der Waals surface area contributed by atoms with E-state index in [1.165, 1.54) is 99.8 Å². The van der Waals surface area contributed by atoms with Crippen LogP contribution in [0.15, 0.2) is 261 Å². The summed E-state index contributed by atoms with van der Waals surface area (Å²) in [6.45, 7) is 0. The number of benzene rings is 11. The maximum absolute atomic E-state index is 2.48. The first-order valence-corrected chi connectivity index (χ1v) is 22.9. The van der Waals surface area contributed by atoms with Crippen LogP contribution in [0, 0.1) is 0 Å². The van der Waals surface area contributed by atoms with E-state index in [-0.39, 0.29) is 0 Å². The van der Waals surface area contributed by atoms with Gasteiger partial charge in [0.2, 0.25) is 0 Å². The van der Waals surface area contributed by atoms with Gasteiger partial charge in [-0.3, -0.25) is 0 Å². The molecule has 0 fully saturated rings. The quantitative estimate of drug-likeness (QED) is 0.155. The first-order valence-electron chi connectivity index (χ1n) is 22.9. The van der Waals surface area contributed by atoms with Crippen LogP contribution in [0.25, 0.3) is 77.5 Å².